The molecule has 0 bridgehead atoms. The third-order valence-corrected chi connectivity index (χ3v) is 3.79. The van der Waals surface area contributed by atoms with Crippen molar-refractivity contribution in [3.05, 3.63) is 65.9 Å². The van der Waals surface area contributed by atoms with Crippen molar-refractivity contribution in [3.8, 4) is 17.6 Å². The Labute approximate surface area is 152 Å². The highest BCUT2D eigenvalue weighted by Crippen LogP contribution is 2.23. The molecule has 0 spiro atoms. The smallest absolute Gasteiger partial charge is 0.145 e. The minimum atomic E-state index is 0.445. The van der Waals surface area contributed by atoms with Crippen molar-refractivity contribution in [1.29, 1.82) is 5.26 Å². The molecule has 3 rings (SSSR count). The lowest BCUT2D eigenvalue weighted by atomic mass is 10.2. The van der Waals surface area contributed by atoms with E-state index in [0.29, 0.717) is 32.0 Å². The van der Waals surface area contributed by atoms with Crippen LogP contribution in [0.4, 0.5) is 0 Å². The Kier molecular flexibility index (Phi) is 6.02. The fourth-order valence-electron chi connectivity index (χ4n) is 2.49. The van der Waals surface area contributed by atoms with E-state index in [-0.39, 0.29) is 0 Å². The summed E-state index contributed by atoms with van der Waals surface area (Å²) in [5.74, 6) is 1.49. The van der Waals surface area contributed by atoms with Crippen LogP contribution in [-0.2, 0) is 4.74 Å². The second-order valence-corrected chi connectivity index (χ2v) is 5.73. The Hall–Kier alpha value is -3.10. The summed E-state index contributed by atoms with van der Waals surface area (Å²) in [5.41, 5.74) is 2.45. The zero-order valence-corrected chi connectivity index (χ0v) is 14.6. The van der Waals surface area contributed by atoms with Crippen LogP contribution >= 0.6 is 0 Å². The lowest BCUT2D eigenvalue weighted by Crippen LogP contribution is -2.12. The molecule has 26 heavy (non-hydrogen) atoms. The van der Waals surface area contributed by atoms with Gasteiger partial charge in [-0.1, -0.05) is 18.2 Å². The number of nitrogens with zero attached hydrogens (tertiary/aromatic N) is 2. The van der Waals surface area contributed by atoms with E-state index in [1.54, 1.807) is 24.3 Å². The van der Waals surface area contributed by atoms with Crippen molar-refractivity contribution in [2.45, 2.75) is 6.92 Å². The number of nitriles is 1. The molecule has 0 saturated heterocycles. The summed E-state index contributed by atoms with van der Waals surface area (Å²) in [6.07, 6.45) is 0. The van der Waals surface area contributed by atoms with Crippen molar-refractivity contribution < 1.29 is 14.2 Å². The number of aryl methyl sites for hydroxylation is 1. The van der Waals surface area contributed by atoms with Gasteiger partial charge in [0.1, 0.15) is 30.2 Å². The van der Waals surface area contributed by atoms with E-state index < -0.39 is 0 Å². The average Bonchev–Trinajstić information content (AvgIpc) is 2.68. The van der Waals surface area contributed by atoms with Gasteiger partial charge in [-0.05, 0) is 43.3 Å². The Morgan fingerprint density at radius 3 is 2.42 bits per heavy atom. The van der Waals surface area contributed by atoms with Crippen LogP contribution < -0.4 is 9.47 Å². The van der Waals surface area contributed by atoms with Gasteiger partial charge in [-0.3, -0.25) is 0 Å². The quantitative estimate of drug-likeness (QED) is 0.578. The largest absolute Gasteiger partial charge is 0.491 e. The summed E-state index contributed by atoms with van der Waals surface area (Å²) in [4.78, 5) is 4.54. The summed E-state index contributed by atoms with van der Waals surface area (Å²) in [6, 6.07) is 19.0. The Morgan fingerprint density at radius 2 is 1.65 bits per heavy atom. The highest BCUT2D eigenvalue weighted by atomic mass is 16.5. The number of pyridine rings is 1. The van der Waals surface area contributed by atoms with Crippen molar-refractivity contribution >= 4 is 10.9 Å². The van der Waals surface area contributed by atoms with Gasteiger partial charge in [0.2, 0.25) is 0 Å². The first-order valence-electron chi connectivity index (χ1n) is 8.46. The van der Waals surface area contributed by atoms with Gasteiger partial charge >= 0.3 is 0 Å². The molecule has 0 aliphatic carbocycles. The minimum absolute atomic E-state index is 0.445. The van der Waals surface area contributed by atoms with Gasteiger partial charge in [0.15, 0.2) is 0 Å². The first kappa shape index (κ1) is 17.7. The first-order chi connectivity index (χ1) is 12.8. The van der Waals surface area contributed by atoms with Crippen molar-refractivity contribution in [2.75, 3.05) is 26.4 Å². The number of benzene rings is 2. The van der Waals surface area contributed by atoms with Crippen LogP contribution in [0.15, 0.2) is 54.6 Å². The maximum atomic E-state index is 8.75. The molecule has 3 aromatic rings. The molecule has 0 atom stereocenters. The zero-order chi connectivity index (χ0) is 18.2. The third-order valence-electron chi connectivity index (χ3n) is 3.79. The van der Waals surface area contributed by atoms with Crippen molar-refractivity contribution in [1.82, 2.24) is 4.98 Å². The van der Waals surface area contributed by atoms with Gasteiger partial charge in [-0.2, -0.15) is 5.26 Å². The van der Waals surface area contributed by atoms with E-state index in [0.717, 1.165) is 28.1 Å². The molecule has 0 radical (unpaired) electrons. The molecule has 1 aromatic heterocycles. The number of aromatic nitrogens is 1. The summed E-state index contributed by atoms with van der Waals surface area (Å²) in [6.45, 7) is 3.80. The Balaban J connectivity index is 1.38. The normalized spacial score (nSPS) is 10.5. The second-order valence-electron chi connectivity index (χ2n) is 5.73. The van der Waals surface area contributed by atoms with Crippen molar-refractivity contribution in [2.24, 2.45) is 0 Å². The lowest BCUT2D eigenvalue weighted by molar-refractivity contribution is 0.0767. The van der Waals surface area contributed by atoms with Crippen LogP contribution in [-0.4, -0.2) is 31.4 Å². The first-order valence-corrected chi connectivity index (χ1v) is 8.46. The SMILES string of the molecule is Cc1ccc2cccc(OCCOCCOc3ccc(C#N)cc3)c2n1. The van der Waals surface area contributed by atoms with Gasteiger partial charge in [-0.25, -0.2) is 4.98 Å². The van der Waals surface area contributed by atoms with Gasteiger partial charge in [0.25, 0.3) is 0 Å². The summed E-state index contributed by atoms with van der Waals surface area (Å²) in [7, 11) is 0. The van der Waals surface area contributed by atoms with E-state index in [9.17, 15) is 0 Å². The molecule has 0 unspecified atom stereocenters. The molecule has 0 aliphatic heterocycles. The van der Waals surface area contributed by atoms with Gasteiger partial charge in [-0.15, -0.1) is 0 Å². The van der Waals surface area contributed by atoms with E-state index in [2.05, 4.69) is 11.1 Å². The van der Waals surface area contributed by atoms with Crippen LogP contribution in [0.25, 0.3) is 10.9 Å². The molecule has 5 nitrogen and oxygen atoms in total. The van der Waals surface area contributed by atoms with Gasteiger partial charge in [0, 0.05) is 11.1 Å². The monoisotopic (exact) mass is 348 g/mol. The number of hydrogen-bond donors (Lipinski definition) is 0. The topological polar surface area (TPSA) is 64.4 Å². The summed E-state index contributed by atoms with van der Waals surface area (Å²) in [5, 5.41) is 9.81. The van der Waals surface area contributed by atoms with Gasteiger partial charge < -0.3 is 14.2 Å². The standard InChI is InChI=1S/C21H20N2O3/c1-16-5-8-18-3-2-4-20(21(18)23-16)26-14-12-24-11-13-25-19-9-6-17(15-22)7-10-19/h2-10H,11-14H2,1H3. The minimum Gasteiger partial charge on any atom is -0.491 e. The molecule has 0 aliphatic rings. The number of fused-ring (bicyclic) bond motifs is 1. The van der Waals surface area contributed by atoms with Crippen LogP contribution in [0.2, 0.25) is 0 Å². The zero-order valence-electron chi connectivity index (χ0n) is 14.6. The highest BCUT2D eigenvalue weighted by molar-refractivity contribution is 5.84. The molecular weight excluding hydrogens is 328 g/mol. The number of rotatable bonds is 8. The average molecular weight is 348 g/mol. The number of hydrogen-bond acceptors (Lipinski definition) is 5. The van der Waals surface area contributed by atoms with Crippen molar-refractivity contribution in [3.63, 3.8) is 0 Å². The molecule has 5 heteroatoms. The lowest BCUT2D eigenvalue weighted by Gasteiger charge is -2.10. The van der Waals surface area contributed by atoms with E-state index in [4.69, 9.17) is 19.5 Å². The van der Waals surface area contributed by atoms with E-state index >= 15 is 0 Å². The Morgan fingerprint density at radius 1 is 0.885 bits per heavy atom. The molecule has 0 N–H and O–H groups in total. The maximum absolute atomic E-state index is 8.75. The van der Waals surface area contributed by atoms with Gasteiger partial charge in [0.05, 0.1) is 24.8 Å². The fourth-order valence-corrected chi connectivity index (χ4v) is 2.49. The van der Waals surface area contributed by atoms with Crippen LogP contribution in [0, 0.1) is 18.3 Å². The third kappa shape index (κ3) is 4.71. The van der Waals surface area contributed by atoms with E-state index in [1.807, 2.05) is 37.3 Å². The Bertz CT molecular complexity index is 901. The van der Waals surface area contributed by atoms with Crippen LogP contribution in [0.5, 0.6) is 11.5 Å². The highest BCUT2D eigenvalue weighted by Gasteiger charge is 2.04. The molecule has 0 amide bonds. The predicted molar refractivity (Wildman–Crippen MR) is 99.4 cm³/mol. The van der Waals surface area contributed by atoms with Crippen LogP contribution in [0.1, 0.15) is 11.3 Å². The summed E-state index contributed by atoms with van der Waals surface area (Å²) >= 11 is 0. The number of ether oxygens (including phenoxy) is 3. The second kappa shape index (κ2) is 8.84. The molecule has 2 aromatic carbocycles. The molecule has 0 fully saturated rings. The predicted octanol–water partition coefficient (Wildman–Crippen LogP) is 3.89. The fraction of sp³-hybridized carbons (Fsp3) is 0.238. The summed E-state index contributed by atoms with van der Waals surface area (Å²) < 4.78 is 16.9. The maximum Gasteiger partial charge on any atom is 0.145 e. The molecule has 132 valence electrons. The molecular formula is C21H20N2O3. The molecule has 0 saturated carbocycles. The molecule has 1 heterocycles. The van der Waals surface area contributed by atoms with E-state index in [1.165, 1.54) is 0 Å². The number of para-hydroxylation sites is 1. The van der Waals surface area contributed by atoms with Crippen LogP contribution in [0.3, 0.4) is 0 Å².